The molecule has 2 aromatic rings. The van der Waals surface area contributed by atoms with Crippen LogP contribution in [-0.2, 0) is 0 Å². The number of anilines is 1. The molecule has 2 N–H and O–H groups in total. The number of aliphatic hydroxyl groups excluding tert-OH is 1. The number of carbonyl (C=O) groups is 1. The van der Waals surface area contributed by atoms with E-state index < -0.39 is 0 Å². The van der Waals surface area contributed by atoms with Gasteiger partial charge < -0.3 is 15.3 Å². The van der Waals surface area contributed by atoms with Gasteiger partial charge in [-0.15, -0.1) is 0 Å². The minimum atomic E-state index is -0.000601. The number of hydrogen-bond donors (Lipinski definition) is 2. The standard InChI is InChI=1S/C19H24N4O2/c1-14(18-12-20-7-8-21-18)22-17-4-2-3-16(11-17)19(25)23-9-5-15(13-24)6-10-23/h2-4,7-8,11-12,14-15,22,24H,5-6,9-10,13H2,1H3. The van der Waals surface area contributed by atoms with Crippen molar-refractivity contribution in [2.75, 3.05) is 25.0 Å². The van der Waals surface area contributed by atoms with E-state index in [1.807, 2.05) is 36.1 Å². The number of nitrogens with one attached hydrogen (secondary N) is 1. The van der Waals surface area contributed by atoms with E-state index in [9.17, 15) is 9.90 Å². The van der Waals surface area contributed by atoms with Crippen molar-refractivity contribution in [3.05, 3.63) is 54.1 Å². The molecule has 3 rings (SSSR count). The number of rotatable bonds is 5. The van der Waals surface area contributed by atoms with Crippen molar-refractivity contribution < 1.29 is 9.90 Å². The Morgan fingerprint density at radius 1 is 1.36 bits per heavy atom. The van der Waals surface area contributed by atoms with E-state index in [4.69, 9.17) is 0 Å². The fourth-order valence-electron chi connectivity index (χ4n) is 3.10. The number of aromatic nitrogens is 2. The molecule has 0 bridgehead atoms. The normalized spacial score (nSPS) is 16.5. The third kappa shape index (κ3) is 4.33. The van der Waals surface area contributed by atoms with Gasteiger partial charge in [0.15, 0.2) is 0 Å². The lowest BCUT2D eigenvalue weighted by Gasteiger charge is -2.31. The number of nitrogens with zero attached hydrogens (tertiary/aromatic N) is 3. The van der Waals surface area contributed by atoms with Crippen LogP contribution < -0.4 is 5.32 Å². The Labute approximate surface area is 147 Å². The van der Waals surface area contributed by atoms with E-state index in [1.54, 1.807) is 18.6 Å². The zero-order valence-corrected chi connectivity index (χ0v) is 14.4. The number of benzene rings is 1. The average molecular weight is 340 g/mol. The average Bonchev–Trinajstić information content (AvgIpc) is 2.68. The van der Waals surface area contributed by atoms with Gasteiger partial charge in [-0.2, -0.15) is 0 Å². The van der Waals surface area contributed by atoms with E-state index in [2.05, 4.69) is 15.3 Å². The second-order valence-electron chi connectivity index (χ2n) is 6.50. The largest absolute Gasteiger partial charge is 0.396 e. The molecule has 0 radical (unpaired) electrons. The Balaban J connectivity index is 1.66. The molecule has 6 heteroatoms. The molecule has 25 heavy (non-hydrogen) atoms. The maximum absolute atomic E-state index is 12.7. The molecule has 0 spiro atoms. The number of likely N-dealkylation sites (tertiary alicyclic amines) is 1. The molecular weight excluding hydrogens is 316 g/mol. The summed E-state index contributed by atoms with van der Waals surface area (Å²) in [4.78, 5) is 23.0. The predicted octanol–water partition coefficient (Wildman–Crippen LogP) is 2.49. The molecule has 0 aliphatic carbocycles. The van der Waals surface area contributed by atoms with Crippen molar-refractivity contribution in [1.82, 2.24) is 14.9 Å². The molecule has 1 atom stereocenters. The maximum Gasteiger partial charge on any atom is 0.253 e. The summed E-state index contributed by atoms with van der Waals surface area (Å²) >= 11 is 0. The van der Waals surface area contributed by atoms with Crippen LogP contribution in [-0.4, -0.2) is 45.6 Å². The lowest BCUT2D eigenvalue weighted by molar-refractivity contribution is 0.0651. The van der Waals surface area contributed by atoms with Crippen molar-refractivity contribution in [3.63, 3.8) is 0 Å². The van der Waals surface area contributed by atoms with E-state index in [0.717, 1.165) is 24.2 Å². The van der Waals surface area contributed by atoms with Crippen LogP contribution in [0.3, 0.4) is 0 Å². The quantitative estimate of drug-likeness (QED) is 0.874. The van der Waals surface area contributed by atoms with Crippen LogP contribution >= 0.6 is 0 Å². The van der Waals surface area contributed by atoms with Crippen molar-refractivity contribution in [2.45, 2.75) is 25.8 Å². The Kier molecular flexibility index (Phi) is 5.60. The highest BCUT2D eigenvalue weighted by Crippen LogP contribution is 2.21. The monoisotopic (exact) mass is 340 g/mol. The van der Waals surface area contributed by atoms with Gasteiger partial charge in [0.25, 0.3) is 5.91 Å². The van der Waals surface area contributed by atoms with Gasteiger partial charge in [-0.25, -0.2) is 0 Å². The van der Waals surface area contributed by atoms with Crippen molar-refractivity contribution in [2.24, 2.45) is 5.92 Å². The first kappa shape index (κ1) is 17.4. The lowest BCUT2D eigenvalue weighted by atomic mass is 9.97. The second-order valence-corrected chi connectivity index (χ2v) is 6.50. The Morgan fingerprint density at radius 3 is 2.84 bits per heavy atom. The zero-order valence-electron chi connectivity index (χ0n) is 14.4. The van der Waals surface area contributed by atoms with Gasteiger partial charge in [-0.1, -0.05) is 6.07 Å². The van der Waals surface area contributed by atoms with Crippen molar-refractivity contribution in [3.8, 4) is 0 Å². The van der Waals surface area contributed by atoms with Gasteiger partial charge in [-0.05, 0) is 43.9 Å². The van der Waals surface area contributed by atoms with Crippen LogP contribution in [0.25, 0.3) is 0 Å². The predicted molar refractivity (Wildman–Crippen MR) is 96.2 cm³/mol. The molecule has 1 saturated heterocycles. The van der Waals surface area contributed by atoms with Gasteiger partial charge in [-0.3, -0.25) is 14.8 Å². The van der Waals surface area contributed by atoms with Gasteiger partial charge in [0.05, 0.1) is 17.9 Å². The molecule has 1 aromatic heterocycles. The highest BCUT2D eigenvalue weighted by Gasteiger charge is 2.23. The molecule has 6 nitrogen and oxygen atoms in total. The number of carbonyl (C=O) groups excluding carboxylic acids is 1. The summed E-state index contributed by atoms with van der Waals surface area (Å²) in [5.41, 5.74) is 2.42. The van der Waals surface area contributed by atoms with Crippen LogP contribution in [0.4, 0.5) is 5.69 Å². The fraction of sp³-hybridized carbons (Fsp3) is 0.421. The molecule has 2 heterocycles. The first-order valence-corrected chi connectivity index (χ1v) is 8.70. The molecule has 1 unspecified atom stereocenters. The van der Waals surface area contributed by atoms with Crippen LogP contribution in [0.5, 0.6) is 0 Å². The van der Waals surface area contributed by atoms with Crippen molar-refractivity contribution >= 4 is 11.6 Å². The molecule has 132 valence electrons. The van der Waals surface area contributed by atoms with Crippen LogP contribution in [0.15, 0.2) is 42.9 Å². The van der Waals surface area contributed by atoms with E-state index in [1.165, 1.54) is 0 Å². The summed E-state index contributed by atoms with van der Waals surface area (Å²) in [5, 5.41) is 12.6. The van der Waals surface area contributed by atoms with Crippen molar-refractivity contribution in [1.29, 1.82) is 0 Å². The van der Waals surface area contributed by atoms with Gasteiger partial charge in [0.2, 0.25) is 0 Å². The van der Waals surface area contributed by atoms with Gasteiger partial charge in [0, 0.05) is 43.3 Å². The number of aliphatic hydroxyl groups is 1. The lowest BCUT2D eigenvalue weighted by Crippen LogP contribution is -2.39. The summed E-state index contributed by atoms with van der Waals surface area (Å²) in [6.45, 7) is 3.63. The number of piperidine rings is 1. The number of hydrogen-bond acceptors (Lipinski definition) is 5. The van der Waals surface area contributed by atoms with Crippen LogP contribution in [0.2, 0.25) is 0 Å². The molecular formula is C19H24N4O2. The third-order valence-corrected chi connectivity index (χ3v) is 4.68. The van der Waals surface area contributed by atoms with Gasteiger partial charge >= 0.3 is 0 Å². The summed E-state index contributed by atoms with van der Waals surface area (Å²) < 4.78 is 0. The summed E-state index contributed by atoms with van der Waals surface area (Å²) in [6.07, 6.45) is 6.78. The molecule has 1 aliphatic heterocycles. The Morgan fingerprint density at radius 2 is 2.16 bits per heavy atom. The second kappa shape index (κ2) is 8.07. The summed E-state index contributed by atoms with van der Waals surface area (Å²) in [5.74, 6) is 0.372. The SMILES string of the molecule is CC(Nc1cccc(C(=O)N2CCC(CO)CC2)c1)c1cnccn1. The minimum absolute atomic E-state index is 0.000601. The Hall–Kier alpha value is -2.47. The maximum atomic E-state index is 12.7. The third-order valence-electron chi connectivity index (χ3n) is 4.68. The van der Waals surface area contributed by atoms with E-state index in [0.29, 0.717) is 24.6 Å². The topological polar surface area (TPSA) is 78.4 Å². The van der Waals surface area contributed by atoms with Crippen LogP contribution in [0, 0.1) is 5.92 Å². The number of amides is 1. The van der Waals surface area contributed by atoms with Crippen LogP contribution in [0.1, 0.15) is 41.9 Å². The Bertz CT molecular complexity index is 700. The molecule has 1 aromatic carbocycles. The molecule has 1 fully saturated rings. The first-order chi connectivity index (χ1) is 12.2. The molecule has 1 aliphatic rings. The highest BCUT2D eigenvalue weighted by atomic mass is 16.3. The smallest absolute Gasteiger partial charge is 0.253 e. The summed E-state index contributed by atoms with van der Waals surface area (Å²) in [7, 11) is 0. The minimum Gasteiger partial charge on any atom is -0.396 e. The fourth-order valence-corrected chi connectivity index (χ4v) is 3.10. The van der Waals surface area contributed by atoms with E-state index >= 15 is 0 Å². The molecule has 1 amide bonds. The van der Waals surface area contributed by atoms with E-state index in [-0.39, 0.29) is 18.6 Å². The van der Waals surface area contributed by atoms with Gasteiger partial charge in [0.1, 0.15) is 0 Å². The summed E-state index contributed by atoms with van der Waals surface area (Å²) in [6, 6.07) is 7.56. The zero-order chi connectivity index (χ0) is 17.6. The first-order valence-electron chi connectivity index (χ1n) is 8.70. The highest BCUT2D eigenvalue weighted by molar-refractivity contribution is 5.95. The molecule has 0 saturated carbocycles.